The highest BCUT2D eigenvalue weighted by molar-refractivity contribution is 7.11. The van der Waals surface area contributed by atoms with Crippen LogP contribution in [0, 0.1) is 12.8 Å². The Kier molecular flexibility index (Phi) is 8.12. The van der Waals surface area contributed by atoms with Crippen LogP contribution in [-0.2, 0) is 25.6 Å². The van der Waals surface area contributed by atoms with Gasteiger partial charge in [-0.3, -0.25) is 4.79 Å². The zero-order valence-electron chi connectivity index (χ0n) is 13.7. The topological polar surface area (TPSA) is 64.6 Å². The summed E-state index contributed by atoms with van der Waals surface area (Å²) in [7, 11) is 0. The third-order valence-corrected chi connectivity index (χ3v) is 4.00. The molecule has 1 unspecified atom stereocenters. The fourth-order valence-electron chi connectivity index (χ4n) is 1.62. The molecule has 0 aromatic carbocycles. The van der Waals surface area contributed by atoms with Crippen LogP contribution in [0.3, 0.4) is 0 Å². The van der Waals surface area contributed by atoms with Crippen LogP contribution < -0.4 is 5.32 Å². The van der Waals surface area contributed by atoms with Crippen LogP contribution in [-0.4, -0.2) is 31.2 Å². The summed E-state index contributed by atoms with van der Waals surface area (Å²) >= 11 is 1.63. The smallest absolute Gasteiger partial charge is 0.335 e. The third kappa shape index (κ3) is 7.56. The summed E-state index contributed by atoms with van der Waals surface area (Å²) in [6, 6.07) is 3.97. The van der Waals surface area contributed by atoms with E-state index in [1.807, 2.05) is 19.1 Å². The maximum absolute atomic E-state index is 11.7. The Hall–Kier alpha value is -1.40. The largest absolute Gasteiger partial charge is 0.454 e. The number of esters is 1. The molecule has 22 heavy (non-hydrogen) atoms. The van der Waals surface area contributed by atoms with Gasteiger partial charge in [0.2, 0.25) is 0 Å². The predicted molar refractivity (Wildman–Crippen MR) is 86.7 cm³/mol. The van der Waals surface area contributed by atoms with E-state index >= 15 is 0 Å². The SMILES string of the molecule is Cc1ccc(CNC(=O)COC(=O)C(C)OCCC(C)C)s1. The van der Waals surface area contributed by atoms with Crippen LogP contribution in [0.25, 0.3) is 0 Å². The third-order valence-electron chi connectivity index (χ3n) is 3.00. The van der Waals surface area contributed by atoms with Crippen LogP contribution in [0.5, 0.6) is 0 Å². The van der Waals surface area contributed by atoms with Crippen molar-refractivity contribution in [3.05, 3.63) is 21.9 Å². The van der Waals surface area contributed by atoms with Crippen molar-refractivity contribution in [2.45, 2.75) is 46.8 Å². The lowest BCUT2D eigenvalue weighted by molar-refractivity contribution is -0.159. The molecule has 1 heterocycles. The Morgan fingerprint density at radius 1 is 1.27 bits per heavy atom. The molecular weight excluding hydrogens is 302 g/mol. The Labute approximate surface area is 136 Å². The molecule has 1 aromatic rings. The molecule has 1 N–H and O–H groups in total. The van der Waals surface area contributed by atoms with Crippen LogP contribution in [0.4, 0.5) is 0 Å². The Morgan fingerprint density at radius 3 is 2.59 bits per heavy atom. The number of carbonyl (C=O) groups is 2. The number of amides is 1. The molecule has 1 amide bonds. The molecule has 0 fully saturated rings. The highest BCUT2D eigenvalue weighted by Gasteiger charge is 2.16. The molecule has 0 saturated carbocycles. The van der Waals surface area contributed by atoms with Gasteiger partial charge in [-0.25, -0.2) is 4.79 Å². The standard InChI is InChI=1S/C16H25NO4S/c1-11(2)7-8-20-13(4)16(19)21-10-15(18)17-9-14-6-5-12(3)22-14/h5-6,11,13H,7-10H2,1-4H3,(H,17,18). The molecule has 0 aliphatic rings. The first-order valence-electron chi connectivity index (χ1n) is 7.48. The Bertz CT molecular complexity index is 484. The molecule has 124 valence electrons. The second-order valence-electron chi connectivity index (χ2n) is 5.59. The average molecular weight is 327 g/mol. The van der Waals surface area contributed by atoms with Gasteiger partial charge in [0.05, 0.1) is 6.54 Å². The quantitative estimate of drug-likeness (QED) is 0.708. The van der Waals surface area contributed by atoms with Crippen molar-refractivity contribution in [3.8, 4) is 0 Å². The molecule has 0 aliphatic heterocycles. The van der Waals surface area contributed by atoms with Crippen molar-refractivity contribution in [1.29, 1.82) is 0 Å². The first-order chi connectivity index (χ1) is 10.4. The number of carbonyl (C=O) groups excluding carboxylic acids is 2. The minimum absolute atomic E-state index is 0.277. The normalized spacial score (nSPS) is 12.2. The van der Waals surface area contributed by atoms with Crippen molar-refractivity contribution in [2.75, 3.05) is 13.2 Å². The van der Waals surface area contributed by atoms with Crippen LogP contribution >= 0.6 is 11.3 Å². The van der Waals surface area contributed by atoms with Gasteiger partial charge in [0.1, 0.15) is 0 Å². The van der Waals surface area contributed by atoms with Gasteiger partial charge >= 0.3 is 5.97 Å². The van der Waals surface area contributed by atoms with E-state index in [0.29, 0.717) is 19.1 Å². The second kappa shape index (κ2) is 9.58. The summed E-state index contributed by atoms with van der Waals surface area (Å²) in [5, 5.41) is 2.72. The predicted octanol–water partition coefficient (Wildman–Crippen LogP) is 2.67. The monoisotopic (exact) mass is 327 g/mol. The van der Waals surface area contributed by atoms with E-state index in [9.17, 15) is 9.59 Å². The Morgan fingerprint density at radius 2 is 2.00 bits per heavy atom. The molecule has 0 saturated heterocycles. The van der Waals surface area contributed by atoms with Crippen LogP contribution in [0.15, 0.2) is 12.1 Å². The van der Waals surface area contributed by atoms with Gasteiger partial charge in [0, 0.05) is 16.4 Å². The van der Waals surface area contributed by atoms with Gasteiger partial charge in [-0.2, -0.15) is 0 Å². The van der Waals surface area contributed by atoms with Gasteiger partial charge < -0.3 is 14.8 Å². The Balaban J connectivity index is 2.18. The molecule has 1 atom stereocenters. The number of aryl methyl sites for hydroxylation is 1. The van der Waals surface area contributed by atoms with E-state index < -0.39 is 12.1 Å². The van der Waals surface area contributed by atoms with E-state index in [0.717, 1.165) is 11.3 Å². The number of nitrogens with one attached hydrogen (secondary N) is 1. The zero-order chi connectivity index (χ0) is 16.5. The minimum Gasteiger partial charge on any atom is -0.454 e. The molecule has 1 rings (SSSR count). The van der Waals surface area contributed by atoms with E-state index in [2.05, 4.69) is 19.2 Å². The molecule has 0 spiro atoms. The fraction of sp³-hybridized carbons (Fsp3) is 0.625. The van der Waals surface area contributed by atoms with Crippen LogP contribution in [0.1, 0.15) is 36.9 Å². The summed E-state index contributed by atoms with van der Waals surface area (Å²) in [5.74, 6) is -0.297. The number of ether oxygens (including phenoxy) is 2. The lowest BCUT2D eigenvalue weighted by Crippen LogP contribution is -2.31. The van der Waals surface area contributed by atoms with E-state index in [1.165, 1.54) is 4.88 Å². The summed E-state index contributed by atoms with van der Waals surface area (Å²) in [4.78, 5) is 25.6. The lowest BCUT2D eigenvalue weighted by atomic mass is 10.1. The van der Waals surface area contributed by atoms with Crippen molar-refractivity contribution in [1.82, 2.24) is 5.32 Å². The van der Waals surface area contributed by atoms with E-state index in [4.69, 9.17) is 9.47 Å². The second-order valence-corrected chi connectivity index (χ2v) is 6.96. The first-order valence-corrected chi connectivity index (χ1v) is 8.30. The molecular formula is C16H25NO4S. The van der Waals surface area contributed by atoms with Gasteiger partial charge in [0.25, 0.3) is 5.91 Å². The number of hydrogen-bond acceptors (Lipinski definition) is 5. The molecule has 6 heteroatoms. The average Bonchev–Trinajstić information content (AvgIpc) is 2.87. The fourth-order valence-corrected chi connectivity index (χ4v) is 2.45. The van der Waals surface area contributed by atoms with Crippen molar-refractivity contribution >= 4 is 23.2 Å². The maximum atomic E-state index is 11.7. The number of hydrogen-bond donors (Lipinski definition) is 1. The summed E-state index contributed by atoms with van der Waals surface area (Å²) in [6.45, 7) is 8.51. The van der Waals surface area contributed by atoms with Gasteiger partial charge in [-0.05, 0) is 38.3 Å². The van der Waals surface area contributed by atoms with Gasteiger partial charge in [-0.15, -0.1) is 11.3 Å². The van der Waals surface area contributed by atoms with E-state index in [1.54, 1.807) is 18.3 Å². The van der Waals surface area contributed by atoms with Gasteiger partial charge in [-0.1, -0.05) is 13.8 Å². The molecule has 0 aliphatic carbocycles. The maximum Gasteiger partial charge on any atom is 0.335 e. The molecule has 1 aromatic heterocycles. The minimum atomic E-state index is -0.647. The van der Waals surface area contributed by atoms with Crippen molar-refractivity contribution < 1.29 is 19.1 Å². The van der Waals surface area contributed by atoms with Crippen molar-refractivity contribution in [2.24, 2.45) is 5.92 Å². The molecule has 0 radical (unpaired) electrons. The zero-order valence-corrected chi connectivity index (χ0v) is 14.5. The van der Waals surface area contributed by atoms with Gasteiger partial charge in [0.15, 0.2) is 12.7 Å². The van der Waals surface area contributed by atoms with Crippen LogP contribution in [0.2, 0.25) is 0 Å². The highest BCUT2D eigenvalue weighted by atomic mass is 32.1. The molecule has 0 bridgehead atoms. The van der Waals surface area contributed by atoms with Crippen molar-refractivity contribution in [3.63, 3.8) is 0 Å². The molecule has 5 nitrogen and oxygen atoms in total. The first kappa shape index (κ1) is 18.6. The summed E-state index contributed by atoms with van der Waals surface area (Å²) < 4.78 is 10.3. The summed E-state index contributed by atoms with van der Waals surface area (Å²) in [5.41, 5.74) is 0. The number of rotatable bonds is 9. The number of thiophene rings is 1. The van der Waals surface area contributed by atoms with E-state index in [-0.39, 0.29) is 12.5 Å². The highest BCUT2D eigenvalue weighted by Crippen LogP contribution is 2.14. The summed E-state index contributed by atoms with van der Waals surface area (Å²) in [6.07, 6.45) is 0.240. The lowest BCUT2D eigenvalue weighted by Gasteiger charge is -2.13.